The number of hydrogen-bond acceptors (Lipinski definition) is 4. The van der Waals surface area contributed by atoms with Crippen molar-refractivity contribution in [2.24, 2.45) is 0 Å². The molecule has 2 amide bonds. The third-order valence-electron chi connectivity index (χ3n) is 2.38. The normalized spacial score (nSPS) is 15.5. The summed E-state index contributed by atoms with van der Waals surface area (Å²) >= 11 is 0. The fourth-order valence-electron chi connectivity index (χ4n) is 1.53. The van der Waals surface area contributed by atoms with Crippen LogP contribution in [0, 0.1) is 0 Å². The zero-order chi connectivity index (χ0) is 12.4. The van der Waals surface area contributed by atoms with Gasteiger partial charge in [-0.1, -0.05) is 0 Å². The Balaban J connectivity index is 2.13. The van der Waals surface area contributed by atoms with Crippen molar-refractivity contribution in [1.82, 2.24) is 10.2 Å². The summed E-state index contributed by atoms with van der Waals surface area (Å²) in [6.07, 6.45) is 1.000. The second kappa shape index (κ2) is 4.28. The summed E-state index contributed by atoms with van der Waals surface area (Å²) in [5, 5.41) is 11.3. The summed E-state index contributed by atoms with van der Waals surface area (Å²) in [6, 6.07) is 1.15. The number of furan rings is 1. The van der Waals surface area contributed by atoms with Gasteiger partial charge < -0.3 is 19.7 Å². The van der Waals surface area contributed by atoms with Gasteiger partial charge in [0.25, 0.3) is 5.91 Å². The van der Waals surface area contributed by atoms with Gasteiger partial charge in [0.2, 0.25) is 5.91 Å². The number of nitrogens with zero attached hydrogens (tertiary/aromatic N) is 1. The summed E-state index contributed by atoms with van der Waals surface area (Å²) < 4.78 is 4.87. The van der Waals surface area contributed by atoms with Crippen LogP contribution in [0.4, 0.5) is 0 Å². The fraction of sp³-hybridized carbons (Fsp3) is 0.300. The summed E-state index contributed by atoms with van der Waals surface area (Å²) in [5.74, 6) is -1.96. The van der Waals surface area contributed by atoms with E-state index in [4.69, 9.17) is 9.52 Å². The van der Waals surface area contributed by atoms with Crippen LogP contribution in [0.5, 0.6) is 0 Å². The molecule has 7 nitrogen and oxygen atoms in total. The van der Waals surface area contributed by atoms with E-state index in [1.807, 2.05) is 0 Å². The lowest BCUT2D eigenvalue weighted by Gasteiger charge is -2.25. The topological polar surface area (TPSA) is 99.9 Å². The minimum absolute atomic E-state index is 0.0397. The zero-order valence-corrected chi connectivity index (χ0v) is 8.80. The van der Waals surface area contributed by atoms with Gasteiger partial charge >= 0.3 is 5.97 Å². The molecule has 0 aliphatic carbocycles. The van der Waals surface area contributed by atoms with Gasteiger partial charge in [-0.3, -0.25) is 9.59 Å². The molecule has 90 valence electrons. The Morgan fingerprint density at radius 1 is 1.47 bits per heavy atom. The third kappa shape index (κ3) is 2.27. The highest BCUT2D eigenvalue weighted by Gasteiger charge is 2.25. The molecule has 7 heteroatoms. The van der Waals surface area contributed by atoms with Gasteiger partial charge in [0, 0.05) is 19.2 Å². The zero-order valence-electron chi connectivity index (χ0n) is 8.80. The van der Waals surface area contributed by atoms with Crippen molar-refractivity contribution < 1.29 is 23.9 Å². The molecule has 17 heavy (non-hydrogen) atoms. The maximum atomic E-state index is 11.8. The fourth-order valence-corrected chi connectivity index (χ4v) is 1.53. The lowest BCUT2D eigenvalue weighted by Crippen LogP contribution is -2.49. The molecule has 0 bridgehead atoms. The van der Waals surface area contributed by atoms with Crippen LogP contribution < -0.4 is 5.32 Å². The molecular weight excluding hydrogens is 228 g/mol. The first-order chi connectivity index (χ1) is 8.08. The molecule has 0 saturated carbocycles. The number of carbonyl (C=O) groups excluding carboxylic acids is 2. The van der Waals surface area contributed by atoms with Crippen LogP contribution in [0.25, 0.3) is 0 Å². The van der Waals surface area contributed by atoms with Gasteiger partial charge in [0.15, 0.2) is 5.76 Å². The molecule has 0 radical (unpaired) electrons. The van der Waals surface area contributed by atoms with Crippen molar-refractivity contribution in [3.05, 3.63) is 23.7 Å². The Kier molecular flexibility index (Phi) is 2.82. The minimum Gasteiger partial charge on any atom is -0.478 e. The molecular formula is C10H10N2O5. The molecule has 1 aliphatic heterocycles. The van der Waals surface area contributed by atoms with E-state index >= 15 is 0 Å². The van der Waals surface area contributed by atoms with Crippen molar-refractivity contribution >= 4 is 17.8 Å². The van der Waals surface area contributed by atoms with Crippen molar-refractivity contribution in [3.63, 3.8) is 0 Å². The molecule has 2 heterocycles. The van der Waals surface area contributed by atoms with Crippen molar-refractivity contribution in [3.8, 4) is 0 Å². The second-order valence-corrected chi connectivity index (χ2v) is 3.58. The van der Waals surface area contributed by atoms with E-state index in [-0.39, 0.29) is 23.8 Å². The highest BCUT2D eigenvalue weighted by atomic mass is 16.4. The van der Waals surface area contributed by atoms with Crippen LogP contribution in [0.2, 0.25) is 0 Å². The lowest BCUT2D eigenvalue weighted by molar-refractivity contribution is -0.123. The molecule has 1 saturated heterocycles. The minimum atomic E-state index is -1.16. The van der Waals surface area contributed by atoms with Crippen molar-refractivity contribution in [2.45, 2.75) is 0 Å². The quantitative estimate of drug-likeness (QED) is 0.726. The molecule has 1 aromatic rings. The van der Waals surface area contributed by atoms with Crippen molar-refractivity contribution in [1.29, 1.82) is 0 Å². The summed E-state index contributed by atoms with van der Waals surface area (Å²) in [7, 11) is 0. The van der Waals surface area contributed by atoms with Gasteiger partial charge in [0.1, 0.15) is 12.8 Å². The van der Waals surface area contributed by atoms with E-state index in [1.54, 1.807) is 0 Å². The van der Waals surface area contributed by atoms with Crippen LogP contribution in [-0.4, -0.2) is 47.4 Å². The van der Waals surface area contributed by atoms with Crippen LogP contribution in [0.3, 0.4) is 0 Å². The number of carboxylic acid groups (broad SMARTS) is 1. The van der Waals surface area contributed by atoms with E-state index in [0.717, 1.165) is 12.3 Å². The Bertz CT molecular complexity index is 479. The SMILES string of the molecule is O=C1CN(C(=O)c2cc(C(=O)O)co2)CCN1. The first-order valence-corrected chi connectivity index (χ1v) is 4.96. The second-order valence-electron chi connectivity index (χ2n) is 3.58. The molecule has 1 fully saturated rings. The number of nitrogens with one attached hydrogen (secondary N) is 1. The monoisotopic (exact) mass is 238 g/mol. The largest absolute Gasteiger partial charge is 0.478 e. The highest BCUT2D eigenvalue weighted by molar-refractivity contribution is 5.97. The summed E-state index contributed by atoms with van der Waals surface area (Å²) in [4.78, 5) is 34.9. The first kappa shape index (κ1) is 11.2. The number of hydrogen-bond donors (Lipinski definition) is 2. The van der Waals surface area contributed by atoms with Gasteiger partial charge in [-0.15, -0.1) is 0 Å². The van der Waals surface area contributed by atoms with E-state index in [1.165, 1.54) is 4.90 Å². The average Bonchev–Trinajstić information content (AvgIpc) is 2.77. The molecule has 0 aromatic carbocycles. The van der Waals surface area contributed by atoms with E-state index in [2.05, 4.69) is 5.32 Å². The third-order valence-corrected chi connectivity index (χ3v) is 2.38. The average molecular weight is 238 g/mol. The van der Waals surface area contributed by atoms with Gasteiger partial charge in [-0.05, 0) is 0 Å². The maximum Gasteiger partial charge on any atom is 0.338 e. The molecule has 0 spiro atoms. The number of piperazine rings is 1. The Hall–Kier alpha value is -2.31. The number of carbonyl (C=O) groups is 3. The molecule has 2 rings (SSSR count). The molecule has 2 N–H and O–H groups in total. The smallest absolute Gasteiger partial charge is 0.338 e. The summed E-state index contributed by atoms with van der Waals surface area (Å²) in [5.41, 5.74) is -0.0881. The van der Waals surface area contributed by atoms with Crippen molar-refractivity contribution in [2.75, 3.05) is 19.6 Å². The van der Waals surface area contributed by atoms with Crippen LogP contribution in [0.1, 0.15) is 20.9 Å². The number of carboxylic acids is 1. The molecule has 1 aromatic heterocycles. The van der Waals surface area contributed by atoms with Gasteiger partial charge in [-0.2, -0.15) is 0 Å². The molecule has 0 atom stereocenters. The predicted molar refractivity (Wildman–Crippen MR) is 54.6 cm³/mol. The lowest BCUT2D eigenvalue weighted by atomic mass is 10.2. The van der Waals surface area contributed by atoms with E-state index in [9.17, 15) is 14.4 Å². The molecule has 1 aliphatic rings. The van der Waals surface area contributed by atoms with Gasteiger partial charge in [0.05, 0.1) is 5.56 Å². The van der Waals surface area contributed by atoms with E-state index < -0.39 is 11.9 Å². The highest BCUT2D eigenvalue weighted by Crippen LogP contribution is 2.11. The number of rotatable bonds is 2. The summed E-state index contributed by atoms with van der Waals surface area (Å²) in [6.45, 7) is 0.729. The van der Waals surface area contributed by atoms with E-state index in [0.29, 0.717) is 13.1 Å². The maximum absolute atomic E-state index is 11.8. The number of aromatic carboxylic acids is 1. The number of amides is 2. The van der Waals surface area contributed by atoms with Gasteiger partial charge in [-0.25, -0.2) is 4.79 Å². The predicted octanol–water partition coefficient (Wildman–Crippen LogP) is -0.450. The van der Waals surface area contributed by atoms with Crippen LogP contribution in [0.15, 0.2) is 16.7 Å². The first-order valence-electron chi connectivity index (χ1n) is 4.96. The van der Waals surface area contributed by atoms with Crippen LogP contribution >= 0.6 is 0 Å². The Morgan fingerprint density at radius 3 is 2.82 bits per heavy atom. The standard InChI is InChI=1S/C10H10N2O5/c13-8-4-12(2-1-11-8)9(14)7-3-6(5-17-7)10(15)16/h3,5H,1-2,4H2,(H,11,13)(H,15,16). The molecule has 0 unspecified atom stereocenters. The van der Waals surface area contributed by atoms with Crippen LogP contribution in [-0.2, 0) is 4.79 Å². The Morgan fingerprint density at radius 2 is 2.24 bits per heavy atom. The Labute approximate surface area is 96.0 Å².